The van der Waals surface area contributed by atoms with Crippen molar-refractivity contribution >= 4 is 63.1 Å². The predicted octanol–water partition coefficient (Wildman–Crippen LogP) is 35.9. The van der Waals surface area contributed by atoms with Crippen LogP contribution in [-0.2, 0) is 32.1 Å². The normalized spacial score (nSPS) is 20.4. The van der Waals surface area contributed by atoms with Gasteiger partial charge in [-0.05, 0) is 396 Å². The van der Waals surface area contributed by atoms with Crippen molar-refractivity contribution < 1.29 is 23.5 Å². The highest BCUT2D eigenvalue weighted by Gasteiger charge is 2.29. The highest BCUT2D eigenvalue weighted by molar-refractivity contribution is 7.81. The SMILES string of the molecule is CCCCc1ccc([C@H]2CC[C@H](c3ccc([S])cc3)CC2)cc1.CCCCc1ccc([C@H]2CC[C@H](c3ccc([S])cc3)CC2)cc1.CCCCc1ccc([C@H]2CC[C@H](c3ccc([S])cc3)CC2)cc1.CCCCc1ccc([C@H]2CC[C@H](c3ccc([S])cc3)CC2)cc1.CCCCc1ccc([C@H]2CC[C@H](c3ccc([S])cc3)CC2)cc1.F.F.F.F.F. The second-order valence-electron chi connectivity index (χ2n) is 34.8. The third kappa shape index (κ3) is 32.6. The summed E-state index contributed by atoms with van der Waals surface area (Å²) in [5.41, 5.74) is 22.6. The van der Waals surface area contributed by atoms with E-state index in [1.807, 2.05) is 0 Å². The van der Waals surface area contributed by atoms with Gasteiger partial charge >= 0.3 is 0 Å². The monoisotopic (exact) mass is 1720 g/mol. The molecule has 0 nitrogen and oxygen atoms in total. The van der Waals surface area contributed by atoms with E-state index in [4.69, 9.17) is 63.1 Å². The first-order valence-electron chi connectivity index (χ1n) is 45.6. The van der Waals surface area contributed by atoms with Gasteiger partial charge in [0.1, 0.15) is 0 Å². The molecule has 0 amide bonds. The number of benzene rings is 10. The Hall–Kier alpha value is -7.05. The summed E-state index contributed by atoms with van der Waals surface area (Å²) in [7, 11) is 0. The number of halogens is 5. The molecule has 5 saturated carbocycles. The molecule has 5 fully saturated rings. The van der Waals surface area contributed by atoms with Crippen LogP contribution in [0.3, 0.4) is 0 Å². The maximum atomic E-state index is 5.19. The molecule has 10 aromatic rings. The Kier molecular flexibility index (Phi) is 46.8. The van der Waals surface area contributed by atoms with E-state index in [0.29, 0.717) is 0 Å². The molecule has 0 unspecified atom stereocenters. The summed E-state index contributed by atoms with van der Waals surface area (Å²) in [6.45, 7) is 11.3. The van der Waals surface area contributed by atoms with Gasteiger partial charge in [0, 0.05) is 24.5 Å². The third-order valence-electron chi connectivity index (χ3n) is 26.7. The Balaban J connectivity index is 0.000000230. The van der Waals surface area contributed by atoms with Crippen molar-refractivity contribution in [2.45, 2.75) is 343 Å². The maximum absolute atomic E-state index is 5.19. The average Bonchev–Trinajstić information content (AvgIpc) is 0.852. The van der Waals surface area contributed by atoms with Gasteiger partial charge in [-0.25, -0.2) is 0 Å². The van der Waals surface area contributed by atoms with Crippen LogP contribution in [0.25, 0.3) is 0 Å². The van der Waals surface area contributed by atoms with Gasteiger partial charge < -0.3 is 0 Å². The smallest absolute Gasteiger partial charge is 0.0377 e. The summed E-state index contributed by atoms with van der Waals surface area (Å²) >= 11 is 26.0. The molecule has 0 N–H and O–H groups in total. The summed E-state index contributed by atoms with van der Waals surface area (Å²) in [6.07, 6.45) is 45.2. The molecule has 15 rings (SSSR count). The fourth-order valence-corrected chi connectivity index (χ4v) is 19.9. The van der Waals surface area contributed by atoms with Gasteiger partial charge in [-0.1, -0.05) is 312 Å². The van der Waals surface area contributed by atoms with Crippen LogP contribution >= 0.6 is 63.1 Å². The summed E-state index contributed by atoms with van der Waals surface area (Å²) in [4.78, 5) is 4.75. The number of hydrogen-bond acceptors (Lipinski definition) is 0. The Bertz CT molecular complexity index is 3630. The molecule has 5 radical (unpaired) electrons. The Morgan fingerprint density at radius 3 is 0.342 bits per heavy atom. The molecule has 120 heavy (non-hydrogen) atoms. The van der Waals surface area contributed by atoms with Crippen molar-refractivity contribution in [3.8, 4) is 0 Å². The van der Waals surface area contributed by atoms with Crippen molar-refractivity contribution in [3.05, 3.63) is 326 Å². The van der Waals surface area contributed by atoms with E-state index in [9.17, 15) is 0 Å². The lowest BCUT2D eigenvalue weighted by molar-refractivity contribution is 0.396. The van der Waals surface area contributed by atoms with Crippen LogP contribution in [-0.4, -0.2) is 0 Å². The lowest BCUT2D eigenvalue weighted by Gasteiger charge is -2.29. The van der Waals surface area contributed by atoms with Crippen molar-refractivity contribution in [2.24, 2.45) is 0 Å². The first-order valence-corrected chi connectivity index (χ1v) is 47.6. The van der Waals surface area contributed by atoms with Crippen LogP contribution in [0.2, 0.25) is 0 Å². The summed E-state index contributed by atoms with van der Waals surface area (Å²) in [6, 6.07) is 90.3. The first kappa shape index (κ1) is 102. The van der Waals surface area contributed by atoms with Crippen molar-refractivity contribution in [2.75, 3.05) is 0 Å². The van der Waals surface area contributed by atoms with Crippen molar-refractivity contribution in [1.82, 2.24) is 0 Å². The molecular weight excluding hydrogens is 1580 g/mol. The number of hydrogen-bond donors (Lipinski definition) is 0. The molecule has 0 saturated heterocycles. The highest BCUT2D eigenvalue weighted by Crippen LogP contribution is 2.46. The minimum Gasteiger partial charge on any atom is -0.269 e. The Morgan fingerprint density at radius 1 is 0.158 bits per heavy atom. The molecule has 0 atom stereocenters. The zero-order valence-electron chi connectivity index (χ0n) is 72.7. The van der Waals surface area contributed by atoms with E-state index in [-0.39, 0.29) is 23.5 Å². The van der Waals surface area contributed by atoms with Gasteiger partial charge in [0.05, 0.1) is 0 Å². The maximum Gasteiger partial charge on any atom is 0.0377 e. The van der Waals surface area contributed by atoms with Crippen LogP contribution in [0.15, 0.2) is 267 Å². The average molecular weight is 1720 g/mol. The van der Waals surface area contributed by atoms with E-state index in [0.717, 1.165) is 83.7 Å². The molecule has 0 heterocycles. The Labute approximate surface area is 750 Å². The number of rotatable bonds is 25. The quantitative estimate of drug-likeness (QED) is 0.0500. The molecular formula is C110H140F5S5. The van der Waals surface area contributed by atoms with Gasteiger partial charge in [-0.2, -0.15) is 0 Å². The van der Waals surface area contributed by atoms with E-state index in [1.165, 1.54) is 280 Å². The lowest BCUT2D eigenvalue weighted by atomic mass is 9.76. The summed E-state index contributed by atoms with van der Waals surface area (Å²) < 4.78 is 0. The highest BCUT2D eigenvalue weighted by atomic mass is 32.1. The van der Waals surface area contributed by atoms with E-state index in [2.05, 4.69) is 277 Å². The van der Waals surface area contributed by atoms with Crippen LogP contribution in [0.5, 0.6) is 0 Å². The number of aryl methyl sites for hydroxylation is 5. The summed E-state index contributed by atoms with van der Waals surface area (Å²) in [5, 5.41) is 0. The fraction of sp³-hybridized carbons (Fsp3) is 0.455. The predicted molar refractivity (Wildman–Crippen MR) is 519 cm³/mol. The van der Waals surface area contributed by atoms with E-state index < -0.39 is 0 Å². The third-order valence-corrected chi connectivity index (χ3v) is 28.1. The first-order chi connectivity index (χ1) is 56.3. The largest absolute Gasteiger partial charge is 0.269 e. The second kappa shape index (κ2) is 55.2. The molecule has 5 aliphatic rings. The van der Waals surface area contributed by atoms with Gasteiger partial charge in [0.2, 0.25) is 0 Å². The second-order valence-corrected chi connectivity index (χ2v) is 37.2. The Morgan fingerprint density at radius 2 is 0.250 bits per heavy atom. The topological polar surface area (TPSA) is 0 Å². The molecule has 0 aliphatic heterocycles. The standard InChI is InChI=1S/5C22H27S.5FH/c5*1-2-3-4-17-5-7-18(8-6-17)19-9-11-20(12-10-19)21-13-15-22(23)16-14-21;;;;;/h5*5-8,13-16,19-20H,2-4,9-12H2,1H3;5*1H/t5*19-,20-;;;;;. The van der Waals surface area contributed by atoms with Crippen LogP contribution in [0.4, 0.5) is 23.5 Å². The fourth-order valence-electron chi connectivity index (χ4n) is 19.2. The van der Waals surface area contributed by atoms with Crippen LogP contribution < -0.4 is 0 Å². The summed E-state index contributed by atoms with van der Waals surface area (Å²) in [5.74, 6) is 7.41. The number of unbranched alkanes of at least 4 members (excludes halogenated alkanes) is 5. The zero-order chi connectivity index (χ0) is 80.4. The minimum atomic E-state index is 0. The molecule has 0 aromatic heterocycles. The molecule has 10 heteroatoms. The zero-order valence-corrected chi connectivity index (χ0v) is 76.8. The molecule has 0 spiro atoms. The minimum absolute atomic E-state index is 0. The van der Waals surface area contributed by atoms with E-state index >= 15 is 0 Å². The lowest BCUT2D eigenvalue weighted by Crippen LogP contribution is -2.12. The van der Waals surface area contributed by atoms with Gasteiger partial charge in [0.15, 0.2) is 0 Å². The van der Waals surface area contributed by atoms with E-state index in [1.54, 1.807) is 27.8 Å². The molecule has 10 aromatic carbocycles. The van der Waals surface area contributed by atoms with Gasteiger partial charge in [0.25, 0.3) is 0 Å². The molecule has 5 aliphatic carbocycles. The molecule has 645 valence electrons. The van der Waals surface area contributed by atoms with Crippen LogP contribution in [0, 0.1) is 0 Å². The van der Waals surface area contributed by atoms with Gasteiger partial charge in [-0.15, -0.1) is 0 Å². The molecule has 0 bridgehead atoms. The van der Waals surface area contributed by atoms with Crippen LogP contribution in [0.1, 0.15) is 370 Å². The van der Waals surface area contributed by atoms with Gasteiger partial charge in [-0.3, -0.25) is 23.5 Å². The van der Waals surface area contributed by atoms with Crippen molar-refractivity contribution in [3.63, 3.8) is 0 Å². The van der Waals surface area contributed by atoms with Crippen molar-refractivity contribution in [1.29, 1.82) is 0 Å².